The van der Waals surface area contributed by atoms with Crippen LogP contribution in [0.5, 0.6) is 0 Å². The Labute approximate surface area is 116 Å². The number of benzene rings is 1. The molecule has 1 amide bonds. The van der Waals surface area contributed by atoms with E-state index in [9.17, 15) is 4.79 Å². The van der Waals surface area contributed by atoms with Gasteiger partial charge >= 0.3 is 0 Å². The molecule has 0 aromatic heterocycles. The first-order valence-electron chi connectivity index (χ1n) is 7.21. The van der Waals surface area contributed by atoms with Crippen LogP contribution >= 0.6 is 0 Å². The molecule has 2 rings (SSSR count). The SMILES string of the molecule is CN(C)c1ccccc1CNC(=O)C1CCCCC1. The summed E-state index contributed by atoms with van der Waals surface area (Å²) in [5.74, 6) is 0.466. The van der Waals surface area contributed by atoms with Crippen LogP contribution in [0.1, 0.15) is 37.7 Å². The molecule has 19 heavy (non-hydrogen) atoms. The Bertz CT molecular complexity index is 423. The summed E-state index contributed by atoms with van der Waals surface area (Å²) in [5.41, 5.74) is 2.35. The van der Waals surface area contributed by atoms with E-state index < -0.39 is 0 Å². The van der Waals surface area contributed by atoms with Gasteiger partial charge in [0.05, 0.1) is 0 Å². The van der Waals surface area contributed by atoms with Gasteiger partial charge in [0.15, 0.2) is 0 Å². The van der Waals surface area contributed by atoms with Crippen LogP contribution in [-0.2, 0) is 11.3 Å². The minimum Gasteiger partial charge on any atom is -0.377 e. The fourth-order valence-electron chi connectivity index (χ4n) is 2.79. The van der Waals surface area contributed by atoms with Crippen LogP contribution in [0.4, 0.5) is 5.69 Å². The highest BCUT2D eigenvalue weighted by Crippen LogP contribution is 2.24. The molecular weight excluding hydrogens is 236 g/mol. The Morgan fingerprint density at radius 3 is 2.58 bits per heavy atom. The Kier molecular flexibility index (Phi) is 4.83. The van der Waals surface area contributed by atoms with Gasteiger partial charge in [-0.15, -0.1) is 0 Å². The average Bonchev–Trinajstić information content (AvgIpc) is 2.46. The summed E-state index contributed by atoms with van der Waals surface area (Å²) in [6, 6.07) is 8.22. The molecule has 1 aromatic rings. The molecule has 0 atom stereocenters. The zero-order valence-corrected chi connectivity index (χ0v) is 12.0. The lowest BCUT2D eigenvalue weighted by molar-refractivity contribution is -0.126. The molecule has 104 valence electrons. The maximum absolute atomic E-state index is 12.1. The van der Waals surface area contributed by atoms with Gasteiger partial charge in [-0.05, 0) is 24.5 Å². The third-order valence-corrected chi connectivity index (χ3v) is 3.90. The van der Waals surface area contributed by atoms with E-state index in [1.165, 1.54) is 30.5 Å². The second-order valence-corrected chi connectivity index (χ2v) is 5.58. The molecule has 0 radical (unpaired) electrons. The molecule has 0 saturated heterocycles. The zero-order valence-electron chi connectivity index (χ0n) is 12.0. The van der Waals surface area contributed by atoms with Gasteiger partial charge in [0.1, 0.15) is 0 Å². The fraction of sp³-hybridized carbons (Fsp3) is 0.562. The van der Waals surface area contributed by atoms with Crippen LogP contribution in [0.25, 0.3) is 0 Å². The monoisotopic (exact) mass is 260 g/mol. The molecule has 1 aromatic carbocycles. The predicted molar refractivity (Wildman–Crippen MR) is 79.2 cm³/mol. The van der Waals surface area contributed by atoms with Crippen LogP contribution in [0.15, 0.2) is 24.3 Å². The van der Waals surface area contributed by atoms with Gasteiger partial charge in [0.2, 0.25) is 5.91 Å². The van der Waals surface area contributed by atoms with Crippen molar-refractivity contribution < 1.29 is 4.79 Å². The molecule has 3 nitrogen and oxygen atoms in total. The van der Waals surface area contributed by atoms with Gasteiger partial charge in [-0.3, -0.25) is 4.79 Å². The summed E-state index contributed by atoms with van der Waals surface area (Å²) >= 11 is 0. The first-order valence-corrected chi connectivity index (χ1v) is 7.21. The second-order valence-electron chi connectivity index (χ2n) is 5.58. The summed E-state index contributed by atoms with van der Waals surface area (Å²) < 4.78 is 0. The smallest absolute Gasteiger partial charge is 0.223 e. The van der Waals surface area contributed by atoms with E-state index in [1.54, 1.807) is 0 Å². The summed E-state index contributed by atoms with van der Waals surface area (Å²) in [7, 11) is 4.06. The number of para-hydroxylation sites is 1. The van der Waals surface area contributed by atoms with E-state index >= 15 is 0 Å². The highest BCUT2D eigenvalue weighted by atomic mass is 16.1. The molecule has 1 aliphatic carbocycles. The van der Waals surface area contributed by atoms with Crippen LogP contribution in [-0.4, -0.2) is 20.0 Å². The maximum Gasteiger partial charge on any atom is 0.223 e. The van der Waals surface area contributed by atoms with Gasteiger partial charge in [0.25, 0.3) is 0 Å². The third-order valence-electron chi connectivity index (χ3n) is 3.90. The van der Waals surface area contributed by atoms with Crippen LogP contribution in [0.2, 0.25) is 0 Å². The molecule has 0 unspecified atom stereocenters. The standard InChI is InChI=1S/C16H24N2O/c1-18(2)15-11-7-6-10-14(15)12-17-16(19)13-8-4-3-5-9-13/h6-7,10-11,13H,3-5,8-9,12H2,1-2H3,(H,17,19). The summed E-state index contributed by atoms with van der Waals surface area (Å²) in [4.78, 5) is 14.2. The number of anilines is 1. The number of carbonyl (C=O) groups excluding carboxylic acids is 1. The van der Waals surface area contributed by atoms with Gasteiger partial charge < -0.3 is 10.2 Å². The average molecular weight is 260 g/mol. The van der Waals surface area contributed by atoms with E-state index in [0.717, 1.165) is 12.8 Å². The van der Waals surface area contributed by atoms with Gasteiger partial charge in [0, 0.05) is 32.2 Å². The van der Waals surface area contributed by atoms with Crippen molar-refractivity contribution in [3.63, 3.8) is 0 Å². The van der Waals surface area contributed by atoms with Crippen LogP contribution in [0, 0.1) is 5.92 Å². The van der Waals surface area contributed by atoms with E-state index in [0.29, 0.717) is 6.54 Å². The number of amides is 1. The lowest BCUT2D eigenvalue weighted by Gasteiger charge is -2.22. The number of nitrogens with zero attached hydrogens (tertiary/aromatic N) is 1. The van der Waals surface area contributed by atoms with Crippen molar-refractivity contribution in [1.82, 2.24) is 5.32 Å². The summed E-state index contributed by atoms with van der Waals surface area (Å²) in [5, 5.41) is 3.10. The van der Waals surface area contributed by atoms with Crippen molar-refractivity contribution in [3.8, 4) is 0 Å². The molecule has 1 N–H and O–H groups in total. The third kappa shape index (κ3) is 3.72. The second kappa shape index (κ2) is 6.60. The summed E-state index contributed by atoms with van der Waals surface area (Å²) in [6.45, 7) is 0.629. The van der Waals surface area contributed by atoms with Crippen LogP contribution in [0.3, 0.4) is 0 Å². The lowest BCUT2D eigenvalue weighted by Crippen LogP contribution is -2.31. The van der Waals surface area contributed by atoms with Crippen LogP contribution < -0.4 is 10.2 Å². The molecule has 1 saturated carbocycles. The Balaban J connectivity index is 1.93. The maximum atomic E-state index is 12.1. The highest BCUT2D eigenvalue weighted by molar-refractivity contribution is 5.78. The van der Waals surface area contributed by atoms with E-state index in [4.69, 9.17) is 0 Å². The molecule has 0 heterocycles. The van der Waals surface area contributed by atoms with Crippen molar-refractivity contribution >= 4 is 11.6 Å². The van der Waals surface area contributed by atoms with Crippen molar-refractivity contribution in [2.24, 2.45) is 5.92 Å². The molecule has 1 aliphatic rings. The van der Waals surface area contributed by atoms with Crippen molar-refractivity contribution in [2.45, 2.75) is 38.6 Å². The number of carbonyl (C=O) groups is 1. The van der Waals surface area contributed by atoms with Gasteiger partial charge in [-0.1, -0.05) is 37.5 Å². The van der Waals surface area contributed by atoms with Crippen molar-refractivity contribution in [3.05, 3.63) is 29.8 Å². The quantitative estimate of drug-likeness (QED) is 0.902. The highest BCUT2D eigenvalue weighted by Gasteiger charge is 2.20. The van der Waals surface area contributed by atoms with E-state index in [-0.39, 0.29) is 11.8 Å². The number of nitrogens with one attached hydrogen (secondary N) is 1. The number of hydrogen-bond donors (Lipinski definition) is 1. The minimum atomic E-state index is 0.230. The molecular formula is C16H24N2O. The Morgan fingerprint density at radius 2 is 1.89 bits per heavy atom. The van der Waals surface area contributed by atoms with Crippen molar-refractivity contribution in [1.29, 1.82) is 0 Å². The lowest BCUT2D eigenvalue weighted by atomic mass is 9.88. The molecule has 3 heteroatoms. The fourth-order valence-corrected chi connectivity index (χ4v) is 2.79. The van der Waals surface area contributed by atoms with Crippen molar-refractivity contribution in [2.75, 3.05) is 19.0 Å². The largest absolute Gasteiger partial charge is 0.377 e. The number of rotatable bonds is 4. The van der Waals surface area contributed by atoms with Gasteiger partial charge in [-0.2, -0.15) is 0 Å². The zero-order chi connectivity index (χ0) is 13.7. The normalized spacial score (nSPS) is 16.1. The van der Waals surface area contributed by atoms with Gasteiger partial charge in [-0.25, -0.2) is 0 Å². The van der Waals surface area contributed by atoms with E-state index in [2.05, 4.69) is 22.3 Å². The first kappa shape index (κ1) is 13.9. The topological polar surface area (TPSA) is 32.3 Å². The molecule has 0 aliphatic heterocycles. The predicted octanol–water partition coefficient (Wildman–Crippen LogP) is 2.95. The summed E-state index contributed by atoms with van der Waals surface area (Å²) in [6.07, 6.45) is 5.80. The van der Waals surface area contributed by atoms with E-state index in [1.807, 2.05) is 26.2 Å². The molecule has 0 spiro atoms. The molecule has 0 bridgehead atoms. The molecule has 1 fully saturated rings. The minimum absolute atomic E-state index is 0.230. The Hall–Kier alpha value is -1.51. The first-order chi connectivity index (χ1) is 9.18. The Morgan fingerprint density at radius 1 is 1.21 bits per heavy atom. The number of hydrogen-bond acceptors (Lipinski definition) is 2.